The van der Waals surface area contributed by atoms with Gasteiger partial charge in [-0.3, -0.25) is 19.7 Å². The minimum atomic E-state index is -2.03. The number of hydrogen-bond donors (Lipinski definition) is 1. The molecule has 6 nitrogen and oxygen atoms in total. The zero-order valence-corrected chi connectivity index (χ0v) is 12.6. The molecule has 0 radical (unpaired) electrons. The van der Waals surface area contributed by atoms with Crippen molar-refractivity contribution in [2.75, 3.05) is 4.90 Å². The minimum Gasteiger partial charge on any atom is -0.298 e. The first-order valence-corrected chi connectivity index (χ1v) is 6.92. The standard InChI is InChI=1S/C16H15FN2O4/c1-3-4-8-16(10(2)20)13(21)18-15(23)19(14(16)22)12-7-5-6-11(17)9-12/h3-7,9H,8H2,1-2H3,(H,18,21,23). The van der Waals surface area contributed by atoms with Gasteiger partial charge in [-0.25, -0.2) is 14.1 Å². The van der Waals surface area contributed by atoms with Crippen molar-refractivity contribution in [2.24, 2.45) is 5.41 Å². The number of amides is 4. The second-order valence-electron chi connectivity index (χ2n) is 5.11. The number of urea groups is 1. The Morgan fingerprint density at radius 1 is 1.35 bits per heavy atom. The Morgan fingerprint density at radius 3 is 2.61 bits per heavy atom. The number of ketones is 1. The van der Waals surface area contributed by atoms with Crippen LogP contribution in [0.4, 0.5) is 14.9 Å². The summed E-state index contributed by atoms with van der Waals surface area (Å²) in [4.78, 5) is 49.7. The summed E-state index contributed by atoms with van der Waals surface area (Å²) in [5, 5.41) is 2.01. The van der Waals surface area contributed by atoms with Crippen LogP contribution in [0.2, 0.25) is 0 Å². The van der Waals surface area contributed by atoms with E-state index < -0.39 is 34.9 Å². The largest absolute Gasteiger partial charge is 0.335 e. The second-order valence-corrected chi connectivity index (χ2v) is 5.11. The molecule has 1 fully saturated rings. The van der Waals surface area contributed by atoms with Gasteiger partial charge >= 0.3 is 6.03 Å². The molecule has 1 aromatic carbocycles. The predicted octanol–water partition coefficient (Wildman–Crippen LogP) is 1.95. The van der Waals surface area contributed by atoms with Gasteiger partial charge in [-0.2, -0.15) is 0 Å². The van der Waals surface area contributed by atoms with Gasteiger partial charge in [-0.05, 0) is 38.5 Å². The van der Waals surface area contributed by atoms with Gasteiger partial charge in [0.1, 0.15) is 5.82 Å². The molecular weight excluding hydrogens is 303 g/mol. The number of rotatable bonds is 4. The number of carbonyl (C=O) groups excluding carboxylic acids is 4. The van der Waals surface area contributed by atoms with Gasteiger partial charge < -0.3 is 0 Å². The van der Waals surface area contributed by atoms with Crippen LogP contribution in [0, 0.1) is 11.2 Å². The number of carbonyl (C=O) groups is 4. The van der Waals surface area contributed by atoms with Crippen LogP contribution in [-0.2, 0) is 14.4 Å². The molecule has 1 N–H and O–H groups in total. The number of Topliss-reactive ketones (excluding diaryl/α,β-unsaturated/α-hetero) is 1. The molecule has 0 spiro atoms. The van der Waals surface area contributed by atoms with Crippen LogP contribution < -0.4 is 10.2 Å². The molecule has 0 saturated carbocycles. The molecule has 23 heavy (non-hydrogen) atoms. The SMILES string of the molecule is CC=CCC1(C(C)=O)C(=O)NC(=O)N(c2cccc(F)c2)C1=O. The molecule has 1 saturated heterocycles. The van der Waals surface area contributed by atoms with Crippen LogP contribution in [0.25, 0.3) is 0 Å². The molecule has 1 atom stereocenters. The molecule has 1 aromatic rings. The first-order valence-electron chi connectivity index (χ1n) is 6.92. The Balaban J connectivity index is 2.57. The average molecular weight is 318 g/mol. The molecule has 0 aliphatic carbocycles. The van der Waals surface area contributed by atoms with Crippen molar-refractivity contribution in [3.63, 3.8) is 0 Å². The van der Waals surface area contributed by atoms with Gasteiger partial charge in [0.05, 0.1) is 5.69 Å². The summed E-state index contributed by atoms with van der Waals surface area (Å²) in [6, 6.07) is 3.79. The van der Waals surface area contributed by atoms with Crippen molar-refractivity contribution in [3.05, 3.63) is 42.2 Å². The van der Waals surface area contributed by atoms with E-state index in [1.807, 2.05) is 5.32 Å². The van der Waals surface area contributed by atoms with Gasteiger partial charge in [-0.1, -0.05) is 18.2 Å². The lowest BCUT2D eigenvalue weighted by Crippen LogP contribution is -2.66. The molecule has 1 unspecified atom stereocenters. The lowest BCUT2D eigenvalue weighted by atomic mass is 9.76. The van der Waals surface area contributed by atoms with E-state index in [9.17, 15) is 23.6 Å². The van der Waals surface area contributed by atoms with Crippen molar-refractivity contribution >= 4 is 29.3 Å². The normalized spacial score (nSPS) is 21.7. The molecule has 0 bridgehead atoms. The van der Waals surface area contributed by atoms with Crippen LogP contribution in [0.1, 0.15) is 20.3 Å². The number of allylic oxidation sites excluding steroid dienone is 2. The Morgan fingerprint density at radius 2 is 2.04 bits per heavy atom. The fourth-order valence-corrected chi connectivity index (χ4v) is 2.42. The van der Waals surface area contributed by atoms with E-state index in [0.717, 1.165) is 19.1 Å². The van der Waals surface area contributed by atoms with E-state index in [1.165, 1.54) is 18.2 Å². The molecule has 1 heterocycles. The third-order valence-corrected chi connectivity index (χ3v) is 3.71. The molecule has 7 heteroatoms. The van der Waals surface area contributed by atoms with Crippen molar-refractivity contribution in [2.45, 2.75) is 20.3 Å². The molecule has 4 amide bonds. The maximum atomic E-state index is 13.4. The van der Waals surface area contributed by atoms with Crippen LogP contribution in [0.15, 0.2) is 36.4 Å². The number of hydrogen-bond acceptors (Lipinski definition) is 4. The van der Waals surface area contributed by atoms with E-state index >= 15 is 0 Å². The van der Waals surface area contributed by atoms with Crippen LogP contribution in [0.3, 0.4) is 0 Å². The van der Waals surface area contributed by atoms with Crippen LogP contribution in [-0.4, -0.2) is 23.6 Å². The number of barbiturate groups is 1. The zero-order valence-electron chi connectivity index (χ0n) is 12.6. The first-order chi connectivity index (χ1) is 10.8. The van der Waals surface area contributed by atoms with Crippen molar-refractivity contribution in [1.82, 2.24) is 5.32 Å². The Labute approximate surface area is 132 Å². The van der Waals surface area contributed by atoms with Crippen LogP contribution in [0.5, 0.6) is 0 Å². The highest BCUT2D eigenvalue weighted by molar-refractivity contribution is 6.37. The highest BCUT2D eigenvalue weighted by Crippen LogP contribution is 2.33. The lowest BCUT2D eigenvalue weighted by molar-refractivity contribution is -0.149. The minimum absolute atomic E-state index is 0.0499. The first kappa shape index (κ1) is 16.5. The van der Waals surface area contributed by atoms with E-state index in [1.54, 1.807) is 13.0 Å². The van der Waals surface area contributed by atoms with Crippen molar-refractivity contribution in [1.29, 1.82) is 0 Å². The van der Waals surface area contributed by atoms with E-state index in [2.05, 4.69) is 0 Å². The van der Waals surface area contributed by atoms with E-state index in [-0.39, 0.29) is 12.1 Å². The van der Waals surface area contributed by atoms with E-state index in [4.69, 9.17) is 0 Å². The Kier molecular flexibility index (Phi) is 4.40. The summed E-state index contributed by atoms with van der Waals surface area (Å²) >= 11 is 0. The molecule has 1 aliphatic heterocycles. The summed E-state index contributed by atoms with van der Waals surface area (Å²) in [5.74, 6) is -3.29. The molecule has 2 rings (SSSR count). The summed E-state index contributed by atoms with van der Waals surface area (Å²) in [7, 11) is 0. The molecule has 120 valence electrons. The molecule has 1 aliphatic rings. The molecule has 0 aromatic heterocycles. The average Bonchev–Trinajstić information content (AvgIpc) is 2.47. The number of nitrogens with one attached hydrogen (secondary N) is 1. The predicted molar refractivity (Wildman–Crippen MR) is 80.0 cm³/mol. The number of benzene rings is 1. The summed E-state index contributed by atoms with van der Waals surface area (Å²) in [6.45, 7) is 2.79. The van der Waals surface area contributed by atoms with Gasteiger partial charge in [0.25, 0.3) is 11.8 Å². The summed E-state index contributed by atoms with van der Waals surface area (Å²) in [6.07, 6.45) is 2.91. The monoisotopic (exact) mass is 318 g/mol. The third-order valence-electron chi connectivity index (χ3n) is 3.71. The second kappa shape index (κ2) is 6.12. The number of anilines is 1. The lowest BCUT2D eigenvalue weighted by Gasteiger charge is -2.37. The van der Waals surface area contributed by atoms with Gasteiger partial charge in [0.2, 0.25) is 0 Å². The fraction of sp³-hybridized carbons (Fsp3) is 0.250. The van der Waals surface area contributed by atoms with Gasteiger partial charge in [0, 0.05) is 0 Å². The van der Waals surface area contributed by atoms with Gasteiger partial charge in [0.15, 0.2) is 11.2 Å². The maximum absolute atomic E-state index is 13.4. The Hall–Kier alpha value is -2.83. The quantitative estimate of drug-likeness (QED) is 0.679. The van der Waals surface area contributed by atoms with Crippen molar-refractivity contribution in [3.8, 4) is 0 Å². The summed E-state index contributed by atoms with van der Waals surface area (Å²) < 4.78 is 13.4. The molecular formula is C16H15FN2O4. The summed E-state index contributed by atoms with van der Waals surface area (Å²) in [5.41, 5.74) is -2.08. The van der Waals surface area contributed by atoms with E-state index in [0.29, 0.717) is 4.90 Å². The number of halogens is 1. The number of nitrogens with zero attached hydrogens (tertiary/aromatic N) is 1. The fourth-order valence-electron chi connectivity index (χ4n) is 2.42. The topological polar surface area (TPSA) is 83.6 Å². The highest BCUT2D eigenvalue weighted by Gasteiger charge is 2.57. The number of imide groups is 2. The Bertz CT molecular complexity index is 729. The van der Waals surface area contributed by atoms with Gasteiger partial charge in [-0.15, -0.1) is 0 Å². The smallest absolute Gasteiger partial charge is 0.298 e. The maximum Gasteiger partial charge on any atom is 0.335 e. The zero-order chi connectivity index (χ0) is 17.2. The van der Waals surface area contributed by atoms with Crippen LogP contribution >= 0.6 is 0 Å². The third kappa shape index (κ3) is 2.65. The highest BCUT2D eigenvalue weighted by atomic mass is 19.1. The van der Waals surface area contributed by atoms with Crippen molar-refractivity contribution < 1.29 is 23.6 Å².